The number of halogens is 3. The number of benzene rings is 2. The zero-order chi connectivity index (χ0) is 21.5. The molecule has 2 aromatic carbocycles. The average molecular weight is 420 g/mol. The van der Waals surface area contributed by atoms with Gasteiger partial charge in [-0.3, -0.25) is 9.59 Å². The maximum atomic E-state index is 13.2. The number of ether oxygens (including phenoxy) is 3. The third kappa shape index (κ3) is 3.62. The van der Waals surface area contributed by atoms with Gasteiger partial charge in [0, 0.05) is 23.1 Å². The number of hydrogen-bond acceptors (Lipinski definition) is 5. The van der Waals surface area contributed by atoms with Gasteiger partial charge in [-0.15, -0.1) is 0 Å². The molecular weight excluding hydrogens is 401 g/mol. The molecule has 2 atom stereocenters. The third-order valence-electron chi connectivity index (χ3n) is 5.60. The lowest BCUT2D eigenvalue weighted by Crippen LogP contribution is -2.12. The highest BCUT2D eigenvalue weighted by Crippen LogP contribution is 2.43. The normalized spacial score (nSPS) is 19.6. The van der Waals surface area contributed by atoms with Crippen LogP contribution >= 0.6 is 0 Å². The molecule has 0 radical (unpaired) electrons. The summed E-state index contributed by atoms with van der Waals surface area (Å²) in [7, 11) is 1.34. The Hall–Kier alpha value is -3.03. The van der Waals surface area contributed by atoms with Crippen molar-refractivity contribution in [3.63, 3.8) is 0 Å². The van der Waals surface area contributed by atoms with Crippen LogP contribution in [0.5, 0.6) is 11.5 Å². The molecule has 0 bridgehead atoms. The van der Waals surface area contributed by atoms with Gasteiger partial charge < -0.3 is 14.2 Å². The predicted octanol–water partition coefficient (Wildman–Crippen LogP) is 4.62. The average Bonchev–Trinajstić information content (AvgIpc) is 3.30. The Bertz CT molecular complexity index is 999. The number of esters is 1. The first-order chi connectivity index (χ1) is 14.3. The van der Waals surface area contributed by atoms with Crippen molar-refractivity contribution in [3.05, 3.63) is 58.1 Å². The maximum Gasteiger partial charge on any atom is 0.417 e. The van der Waals surface area contributed by atoms with Crippen LogP contribution in [0, 0.1) is 0 Å². The minimum absolute atomic E-state index is 0.0929. The number of carbonyl (C=O) groups excluding carboxylic acids is 2. The van der Waals surface area contributed by atoms with Gasteiger partial charge >= 0.3 is 12.1 Å². The molecule has 1 aliphatic carbocycles. The zero-order valence-electron chi connectivity index (χ0n) is 16.1. The van der Waals surface area contributed by atoms with E-state index in [4.69, 9.17) is 14.2 Å². The van der Waals surface area contributed by atoms with Gasteiger partial charge in [0.2, 0.25) is 0 Å². The molecule has 1 aliphatic heterocycles. The molecule has 4 rings (SSSR count). The van der Waals surface area contributed by atoms with E-state index in [1.165, 1.54) is 13.2 Å². The van der Waals surface area contributed by atoms with E-state index in [0.717, 1.165) is 11.6 Å². The summed E-state index contributed by atoms with van der Waals surface area (Å²) in [5, 5.41) is 0. The van der Waals surface area contributed by atoms with Gasteiger partial charge in [0.25, 0.3) is 0 Å². The smallest absolute Gasteiger partial charge is 0.417 e. The number of alkyl halides is 3. The van der Waals surface area contributed by atoms with E-state index in [9.17, 15) is 22.8 Å². The molecule has 2 unspecified atom stereocenters. The molecule has 158 valence electrons. The van der Waals surface area contributed by atoms with Crippen molar-refractivity contribution in [1.29, 1.82) is 0 Å². The van der Waals surface area contributed by atoms with Crippen LogP contribution in [0.4, 0.5) is 13.2 Å². The topological polar surface area (TPSA) is 61.8 Å². The van der Waals surface area contributed by atoms with E-state index in [0.29, 0.717) is 42.1 Å². The molecule has 0 amide bonds. The van der Waals surface area contributed by atoms with Gasteiger partial charge in [-0.2, -0.15) is 13.2 Å². The first-order valence-corrected chi connectivity index (χ1v) is 9.50. The number of hydrogen-bond donors (Lipinski definition) is 0. The van der Waals surface area contributed by atoms with Crippen molar-refractivity contribution in [3.8, 4) is 11.5 Å². The minimum atomic E-state index is -4.58. The third-order valence-corrected chi connectivity index (χ3v) is 5.60. The summed E-state index contributed by atoms with van der Waals surface area (Å²) in [4.78, 5) is 22.9. The molecule has 30 heavy (non-hydrogen) atoms. The summed E-state index contributed by atoms with van der Waals surface area (Å²) in [5.74, 6) is 0.715. The van der Waals surface area contributed by atoms with Crippen molar-refractivity contribution >= 4 is 12.3 Å². The van der Waals surface area contributed by atoms with Crippen LogP contribution in [0.25, 0.3) is 0 Å². The largest absolute Gasteiger partial charge is 0.492 e. The molecule has 0 fully saturated rings. The van der Waals surface area contributed by atoms with Gasteiger partial charge in [0.1, 0.15) is 17.6 Å². The van der Waals surface area contributed by atoms with Crippen molar-refractivity contribution in [2.75, 3.05) is 13.7 Å². The molecule has 0 saturated heterocycles. The fourth-order valence-electron chi connectivity index (χ4n) is 4.15. The highest BCUT2D eigenvalue weighted by Gasteiger charge is 2.37. The summed E-state index contributed by atoms with van der Waals surface area (Å²) in [5.41, 5.74) is 0.640. The Morgan fingerprint density at radius 3 is 2.70 bits per heavy atom. The fourth-order valence-corrected chi connectivity index (χ4v) is 4.15. The van der Waals surface area contributed by atoms with Crippen LogP contribution in [0.2, 0.25) is 0 Å². The lowest BCUT2D eigenvalue weighted by molar-refractivity contribution is -0.141. The molecule has 0 N–H and O–H groups in total. The lowest BCUT2D eigenvalue weighted by atomic mass is 9.97. The summed E-state index contributed by atoms with van der Waals surface area (Å²) in [6.45, 7) is 0.364. The number of fused-ring (bicyclic) bond motifs is 2. The van der Waals surface area contributed by atoms with E-state index in [2.05, 4.69) is 0 Å². The van der Waals surface area contributed by atoms with Crippen LogP contribution < -0.4 is 9.47 Å². The van der Waals surface area contributed by atoms with Crippen molar-refractivity contribution in [2.45, 2.75) is 37.5 Å². The molecule has 0 aromatic heterocycles. The van der Waals surface area contributed by atoms with Crippen LogP contribution in [-0.2, 0) is 22.1 Å². The summed E-state index contributed by atoms with van der Waals surface area (Å²) in [6, 6.07) is 7.62. The lowest BCUT2D eigenvalue weighted by Gasteiger charge is -2.17. The molecular formula is C22H19F3O5. The Kier molecular flexibility index (Phi) is 5.17. The zero-order valence-corrected chi connectivity index (χ0v) is 16.1. The number of aldehydes is 1. The number of rotatable bonds is 5. The first kappa shape index (κ1) is 20.3. The standard InChI is InChI=1S/C22H19F3O5/c1-28-21(27)8-12-11-29-20-9-13(2-3-14(12)20)30-19-7-5-15-16(19)4-6-18(17(15)10-26)22(23,24)25/h2-4,6,9-10,12,19H,5,7-8,11H2,1H3. The molecule has 5 nitrogen and oxygen atoms in total. The monoisotopic (exact) mass is 420 g/mol. The first-order valence-electron chi connectivity index (χ1n) is 9.50. The van der Waals surface area contributed by atoms with Gasteiger partial charge in [-0.05, 0) is 36.1 Å². The minimum Gasteiger partial charge on any atom is -0.492 e. The predicted molar refractivity (Wildman–Crippen MR) is 99.8 cm³/mol. The fraction of sp³-hybridized carbons (Fsp3) is 0.364. The van der Waals surface area contributed by atoms with Crippen molar-refractivity contribution < 1.29 is 37.0 Å². The number of methoxy groups -OCH3 is 1. The summed E-state index contributed by atoms with van der Waals surface area (Å²) in [6.07, 6.45) is -3.74. The van der Waals surface area contributed by atoms with E-state index in [-0.39, 0.29) is 30.2 Å². The second-order valence-corrected chi connectivity index (χ2v) is 7.34. The van der Waals surface area contributed by atoms with Crippen molar-refractivity contribution in [2.24, 2.45) is 0 Å². The van der Waals surface area contributed by atoms with E-state index >= 15 is 0 Å². The highest BCUT2D eigenvalue weighted by molar-refractivity contribution is 5.81. The van der Waals surface area contributed by atoms with Gasteiger partial charge in [0.15, 0.2) is 6.29 Å². The SMILES string of the molecule is COC(=O)CC1COc2cc(OC3CCc4c3ccc(C(F)(F)F)c4C=O)ccc21. The van der Waals surface area contributed by atoms with Crippen LogP contribution in [-0.4, -0.2) is 26.0 Å². The molecule has 8 heteroatoms. The highest BCUT2D eigenvalue weighted by atomic mass is 19.4. The molecule has 2 aliphatic rings. The molecule has 1 heterocycles. The quantitative estimate of drug-likeness (QED) is 0.522. The Labute approximate surface area is 170 Å². The maximum absolute atomic E-state index is 13.2. The Morgan fingerprint density at radius 1 is 1.23 bits per heavy atom. The van der Waals surface area contributed by atoms with Gasteiger partial charge in [-0.25, -0.2) is 0 Å². The van der Waals surface area contributed by atoms with Crippen molar-refractivity contribution in [1.82, 2.24) is 0 Å². The van der Waals surface area contributed by atoms with Crippen LogP contribution in [0.1, 0.15) is 57.5 Å². The molecule has 0 spiro atoms. The van der Waals surface area contributed by atoms with Crippen LogP contribution in [0.3, 0.4) is 0 Å². The molecule has 2 aromatic rings. The van der Waals surface area contributed by atoms with E-state index < -0.39 is 17.8 Å². The molecule has 0 saturated carbocycles. The summed E-state index contributed by atoms with van der Waals surface area (Å²) >= 11 is 0. The number of carbonyl (C=O) groups is 2. The van der Waals surface area contributed by atoms with E-state index in [1.54, 1.807) is 12.1 Å². The Morgan fingerprint density at radius 2 is 2.00 bits per heavy atom. The van der Waals surface area contributed by atoms with Crippen LogP contribution in [0.15, 0.2) is 30.3 Å². The Balaban J connectivity index is 1.55. The van der Waals surface area contributed by atoms with Gasteiger partial charge in [-0.1, -0.05) is 12.1 Å². The summed E-state index contributed by atoms with van der Waals surface area (Å²) < 4.78 is 55.9. The van der Waals surface area contributed by atoms with E-state index in [1.807, 2.05) is 6.07 Å². The van der Waals surface area contributed by atoms with Gasteiger partial charge in [0.05, 0.1) is 25.7 Å². The second kappa shape index (κ2) is 7.66. The second-order valence-electron chi connectivity index (χ2n) is 7.34.